The van der Waals surface area contributed by atoms with E-state index in [1.165, 1.54) is 31.4 Å². The van der Waals surface area contributed by atoms with Gasteiger partial charge in [0.2, 0.25) is 0 Å². The molecule has 0 saturated heterocycles. The fourth-order valence-corrected chi connectivity index (χ4v) is 1.84. The van der Waals surface area contributed by atoms with Gasteiger partial charge in [-0.15, -0.1) is 0 Å². The predicted octanol–water partition coefficient (Wildman–Crippen LogP) is 3.70. The van der Waals surface area contributed by atoms with Crippen molar-refractivity contribution in [1.82, 2.24) is 0 Å². The van der Waals surface area contributed by atoms with Crippen LogP contribution in [0.5, 0.6) is 0 Å². The molecular formula is C14H21FO. The first kappa shape index (κ1) is 13.2. The van der Waals surface area contributed by atoms with Crippen molar-refractivity contribution >= 4 is 0 Å². The Labute approximate surface area is 97.3 Å². The molecule has 0 bridgehead atoms. The molecular weight excluding hydrogens is 203 g/mol. The van der Waals surface area contributed by atoms with Crippen LogP contribution >= 0.6 is 0 Å². The molecule has 0 amide bonds. The van der Waals surface area contributed by atoms with E-state index in [2.05, 4.69) is 6.92 Å². The lowest BCUT2D eigenvalue weighted by molar-refractivity contribution is 0.161. The number of hydrogen-bond donors (Lipinski definition) is 1. The zero-order valence-corrected chi connectivity index (χ0v) is 9.95. The van der Waals surface area contributed by atoms with E-state index in [1.807, 2.05) is 6.07 Å². The number of rotatable bonds is 7. The molecule has 1 aromatic rings. The summed E-state index contributed by atoms with van der Waals surface area (Å²) in [5.74, 6) is -0.226. The topological polar surface area (TPSA) is 20.2 Å². The molecule has 0 aromatic heterocycles. The van der Waals surface area contributed by atoms with Crippen LogP contribution in [0.15, 0.2) is 24.3 Å². The summed E-state index contributed by atoms with van der Waals surface area (Å²) in [5, 5.41) is 9.77. The molecule has 0 spiro atoms. The minimum absolute atomic E-state index is 0.226. The Morgan fingerprint density at radius 2 is 2.06 bits per heavy atom. The van der Waals surface area contributed by atoms with Gasteiger partial charge in [0, 0.05) is 0 Å². The van der Waals surface area contributed by atoms with Crippen LogP contribution in [0.25, 0.3) is 0 Å². The van der Waals surface area contributed by atoms with Crippen LogP contribution in [0.2, 0.25) is 0 Å². The van der Waals surface area contributed by atoms with E-state index in [1.54, 1.807) is 6.07 Å². The Hall–Kier alpha value is -0.890. The number of halogens is 1. The second-order valence-corrected chi connectivity index (χ2v) is 4.34. The Morgan fingerprint density at radius 3 is 2.75 bits per heavy atom. The molecule has 0 aliphatic heterocycles. The van der Waals surface area contributed by atoms with Crippen molar-refractivity contribution < 1.29 is 9.50 Å². The van der Waals surface area contributed by atoms with Crippen molar-refractivity contribution in [3.8, 4) is 0 Å². The van der Waals surface area contributed by atoms with Gasteiger partial charge in [0.1, 0.15) is 5.82 Å². The van der Waals surface area contributed by atoms with Gasteiger partial charge in [0.25, 0.3) is 0 Å². The maximum Gasteiger partial charge on any atom is 0.123 e. The number of aliphatic hydroxyl groups excluding tert-OH is 1. The summed E-state index contributed by atoms with van der Waals surface area (Å²) in [5.41, 5.74) is 0.878. The van der Waals surface area contributed by atoms with E-state index in [4.69, 9.17) is 0 Å². The third kappa shape index (κ3) is 5.26. The molecule has 0 saturated carbocycles. The summed E-state index contributed by atoms with van der Waals surface area (Å²) in [6, 6.07) is 6.47. The zero-order valence-electron chi connectivity index (χ0n) is 9.95. The number of benzene rings is 1. The minimum Gasteiger partial charge on any atom is -0.393 e. The number of aliphatic hydroxyl groups is 1. The minimum atomic E-state index is -0.335. The Kier molecular flexibility index (Phi) is 6.09. The fourth-order valence-electron chi connectivity index (χ4n) is 1.84. The summed E-state index contributed by atoms with van der Waals surface area (Å²) in [4.78, 5) is 0. The molecule has 1 aromatic carbocycles. The van der Waals surface area contributed by atoms with Crippen molar-refractivity contribution in [2.45, 2.75) is 51.6 Å². The molecule has 90 valence electrons. The van der Waals surface area contributed by atoms with E-state index >= 15 is 0 Å². The lowest BCUT2D eigenvalue weighted by Crippen LogP contribution is -2.10. The predicted molar refractivity (Wildman–Crippen MR) is 64.9 cm³/mol. The van der Waals surface area contributed by atoms with Gasteiger partial charge in [0.05, 0.1) is 6.10 Å². The van der Waals surface area contributed by atoms with Crippen LogP contribution in [0.3, 0.4) is 0 Å². The standard InChI is InChI=1S/C14H21FO/c1-2-3-4-5-9-14(16)11-12-7-6-8-13(15)10-12/h6-8,10,14,16H,2-5,9,11H2,1H3. The molecule has 1 unspecified atom stereocenters. The highest BCUT2D eigenvalue weighted by molar-refractivity contribution is 5.16. The Balaban J connectivity index is 2.25. The van der Waals surface area contributed by atoms with E-state index in [-0.39, 0.29) is 11.9 Å². The van der Waals surface area contributed by atoms with Crippen LogP contribution in [-0.2, 0) is 6.42 Å². The van der Waals surface area contributed by atoms with E-state index < -0.39 is 0 Å². The lowest BCUT2D eigenvalue weighted by Gasteiger charge is -2.10. The van der Waals surface area contributed by atoms with Gasteiger partial charge < -0.3 is 5.11 Å². The first-order valence-corrected chi connectivity index (χ1v) is 6.15. The average molecular weight is 224 g/mol. The van der Waals surface area contributed by atoms with Crippen LogP contribution in [0.4, 0.5) is 4.39 Å². The van der Waals surface area contributed by atoms with Gasteiger partial charge in [-0.05, 0) is 30.5 Å². The van der Waals surface area contributed by atoms with E-state index in [0.717, 1.165) is 18.4 Å². The summed E-state index contributed by atoms with van der Waals surface area (Å²) in [7, 11) is 0. The molecule has 16 heavy (non-hydrogen) atoms. The van der Waals surface area contributed by atoms with Crippen molar-refractivity contribution in [2.75, 3.05) is 0 Å². The summed E-state index contributed by atoms with van der Waals surface area (Å²) in [6.07, 6.45) is 5.72. The highest BCUT2D eigenvalue weighted by Gasteiger charge is 2.05. The lowest BCUT2D eigenvalue weighted by atomic mass is 10.0. The molecule has 1 rings (SSSR count). The normalized spacial score (nSPS) is 12.7. The molecule has 1 nitrogen and oxygen atoms in total. The van der Waals surface area contributed by atoms with Gasteiger partial charge in [-0.2, -0.15) is 0 Å². The average Bonchev–Trinajstić information content (AvgIpc) is 2.24. The van der Waals surface area contributed by atoms with Crippen molar-refractivity contribution in [3.05, 3.63) is 35.6 Å². The molecule has 0 fully saturated rings. The molecule has 1 N–H and O–H groups in total. The van der Waals surface area contributed by atoms with Crippen molar-refractivity contribution in [3.63, 3.8) is 0 Å². The summed E-state index contributed by atoms with van der Waals surface area (Å²) >= 11 is 0. The quantitative estimate of drug-likeness (QED) is 0.700. The second kappa shape index (κ2) is 7.39. The number of unbranched alkanes of at least 4 members (excludes halogenated alkanes) is 3. The molecule has 0 heterocycles. The van der Waals surface area contributed by atoms with Gasteiger partial charge in [0.15, 0.2) is 0 Å². The largest absolute Gasteiger partial charge is 0.393 e. The maximum absolute atomic E-state index is 12.9. The van der Waals surface area contributed by atoms with Crippen molar-refractivity contribution in [1.29, 1.82) is 0 Å². The van der Waals surface area contributed by atoms with Crippen LogP contribution < -0.4 is 0 Å². The van der Waals surface area contributed by atoms with Crippen LogP contribution in [0.1, 0.15) is 44.6 Å². The van der Waals surface area contributed by atoms with Crippen LogP contribution in [0, 0.1) is 5.82 Å². The maximum atomic E-state index is 12.9. The van der Waals surface area contributed by atoms with Crippen molar-refractivity contribution in [2.24, 2.45) is 0 Å². The molecule has 0 aliphatic carbocycles. The van der Waals surface area contributed by atoms with E-state index in [9.17, 15) is 9.50 Å². The molecule has 1 atom stereocenters. The molecule has 0 radical (unpaired) electrons. The first-order valence-electron chi connectivity index (χ1n) is 6.15. The fraction of sp³-hybridized carbons (Fsp3) is 0.571. The highest BCUT2D eigenvalue weighted by atomic mass is 19.1. The number of hydrogen-bond acceptors (Lipinski definition) is 1. The van der Waals surface area contributed by atoms with Gasteiger partial charge in [-0.25, -0.2) is 4.39 Å². The highest BCUT2D eigenvalue weighted by Crippen LogP contribution is 2.11. The first-order chi connectivity index (χ1) is 7.72. The van der Waals surface area contributed by atoms with Crippen LogP contribution in [-0.4, -0.2) is 11.2 Å². The SMILES string of the molecule is CCCCCCC(O)Cc1cccc(F)c1. The summed E-state index contributed by atoms with van der Waals surface area (Å²) in [6.45, 7) is 2.17. The van der Waals surface area contributed by atoms with Gasteiger partial charge in [-0.1, -0.05) is 44.7 Å². The third-order valence-corrected chi connectivity index (χ3v) is 2.75. The molecule has 0 aliphatic rings. The summed E-state index contributed by atoms with van der Waals surface area (Å²) < 4.78 is 12.9. The smallest absolute Gasteiger partial charge is 0.123 e. The Morgan fingerprint density at radius 1 is 1.25 bits per heavy atom. The zero-order chi connectivity index (χ0) is 11.8. The molecule has 2 heteroatoms. The van der Waals surface area contributed by atoms with Gasteiger partial charge in [-0.3, -0.25) is 0 Å². The van der Waals surface area contributed by atoms with E-state index in [0.29, 0.717) is 6.42 Å². The second-order valence-electron chi connectivity index (χ2n) is 4.34. The Bertz CT molecular complexity index is 299. The monoisotopic (exact) mass is 224 g/mol. The van der Waals surface area contributed by atoms with Gasteiger partial charge >= 0.3 is 0 Å². The third-order valence-electron chi connectivity index (χ3n) is 2.75.